The lowest BCUT2D eigenvalue weighted by atomic mass is 10.3. The fourth-order valence-corrected chi connectivity index (χ4v) is 1.50. The van der Waals surface area contributed by atoms with Crippen molar-refractivity contribution in [3.8, 4) is 11.6 Å². The quantitative estimate of drug-likeness (QED) is 0.776. The molecule has 18 heavy (non-hydrogen) atoms. The summed E-state index contributed by atoms with van der Waals surface area (Å²) < 4.78 is 45.7. The van der Waals surface area contributed by atoms with Crippen LogP contribution in [0.5, 0.6) is 11.6 Å². The Labute approximate surface area is 101 Å². The number of rotatable bonds is 2. The number of halogens is 3. The maximum Gasteiger partial charge on any atom is 0.258 e. The number of aromatic nitrogens is 3. The lowest BCUT2D eigenvalue weighted by Gasteiger charge is -2.06. The Balaban J connectivity index is 2.43. The van der Waals surface area contributed by atoms with Gasteiger partial charge in [0, 0.05) is 13.1 Å². The molecule has 4 nitrogen and oxygen atoms in total. The van der Waals surface area contributed by atoms with E-state index in [1.165, 1.54) is 4.68 Å². The molecule has 7 heteroatoms. The van der Waals surface area contributed by atoms with Gasteiger partial charge >= 0.3 is 0 Å². The molecule has 0 saturated heterocycles. The van der Waals surface area contributed by atoms with Gasteiger partial charge in [-0.05, 0) is 13.8 Å². The van der Waals surface area contributed by atoms with Crippen molar-refractivity contribution in [3.05, 3.63) is 35.0 Å². The lowest BCUT2D eigenvalue weighted by molar-refractivity contribution is 0.383. The van der Waals surface area contributed by atoms with Crippen LogP contribution in [0.4, 0.5) is 13.2 Å². The summed E-state index contributed by atoms with van der Waals surface area (Å²) in [4.78, 5) is 3.08. The van der Waals surface area contributed by atoms with Crippen LogP contribution in [0.25, 0.3) is 0 Å². The van der Waals surface area contributed by atoms with Gasteiger partial charge in [0.2, 0.25) is 0 Å². The molecule has 96 valence electrons. The summed E-state index contributed by atoms with van der Waals surface area (Å²) in [6.07, 6.45) is 0. The Morgan fingerprint density at radius 2 is 1.83 bits per heavy atom. The first-order chi connectivity index (χ1) is 8.40. The predicted octanol–water partition coefficient (Wildman–Crippen LogP) is 2.64. The van der Waals surface area contributed by atoms with Crippen molar-refractivity contribution in [1.29, 1.82) is 0 Å². The summed E-state index contributed by atoms with van der Waals surface area (Å²) in [5.74, 6) is -4.19. The van der Waals surface area contributed by atoms with Gasteiger partial charge in [-0.15, -0.1) is 0 Å². The molecule has 0 radical (unpaired) electrons. The van der Waals surface area contributed by atoms with Gasteiger partial charge in [-0.25, -0.2) is 8.78 Å². The molecule has 0 saturated carbocycles. The second kappa shape index (κ2) is 4.32. The summed E-state index contributed by atoms with van der Waals surface area (Å²) in [5, 5.41) is 4.05. The van der Waals surface area contributed by atoms with Gasteiger partial charge in [-0.1, -0.05) is 0 Å². The Morgan fingerprint density at radius 3 is 2.39 bits per heavy atom. The Morgan fingerprint density at radius 1 is 1.17 bits per heavy atom. The first-order valence-corrected chi connectivity index (χ1v) is 5.09. The minimum absolute atomic E-state index is 0.273. The number of hydrogen-bond donors (Lipinski definition) is 0. The van der Waals surface area contributed by atoms with E-state index in [0.717, 1.165) is 0 Å². The van der Waals surface area contributed by atoms with Crippen LogP contribution in [0.15, 0.2) is 6.07 Å². The third kappa shape index (κ3) is 2.03. The number of hydrogen-bond acceptors (Lipinski definition) is 3. The summed E-state index contributed by atoms with van der Waals surface area (Å²) in [7, 11) is 1.68. The fourth-order valence-electron chi connectivity index (χ4n) is 1.50. The van der Waals surface area contributed by atoms with E-state index < -0.39 is 23.5 Å². The van der Waals surface area contributed by atoms with E-state index in [2.05, 4.69) is 10.1 Å². The average molecular weight is 257 g/mol. The molecule has 2 heterocycles. The third-order valence-corrected chi connectivity index (χ3v) is 2.50. The fraction of sp³-hybridized carbons (Fsp3) is 0.273. The van der Waals surface area contributed by atoms with Crippen LogP contribution in [0.2, 0.25) is 0 Å². The average Bonchev–Trinajstić information content (AvgIpc) is 2.52. The van der Waals surface area contributed by atoms with Crippen molar-refractivity contribution < 1.29 is 17.9 Å². The summed E-state index contributed by atoms with van der Waals surface area (Å²) in [6.45, 7) is 3.35. The maximum atomic E-state index is 13.4. The molecule has 0 bridgehead atoms. The van der Waals surface area contributed by atoms with E-state index in [0.29, 0.717) is 17.5 Å². The molecule has 0 aromatic carbocycles. The minimum Gasteiger partial charge on any atom is -0.432 e. The van der Waals surface area contributed by atoms with Crippen molar-refractivity contribution in [2.24, 2.45) is 7.05 Å². The summed E-state index contributed by atoms with van der Waals surface area (Å²) >= 11 is 0. The van der Waals surface area contributed by atoms with E-state index >= 15 is 0 Å². The van der Waals surface area contributed by atoms with E-state index in [9.17, 15) is 13.2 Å². The van der Waals surface area contributed by atoms with Crippen molar-refractivity contribution in [2.75, 3.05) is 0 Å². The molecule has 0 aliphatic carbocycles. The molecule has 0 aliphatic heterocycles. The molecule has 2 aromatic rings. The number of ether oxygens (including phenoxy) is 1. The molecule has 0 aliphatic rings. The first kappa shape index (κ1) is 12.4. The van der Waals surface area contributed by atoms with Gasteiger partial charge in [-0.2, -0.15) is 14.5 Å². The van der Waals surface area contributed by atoms with Crippen molar-refractivity contribution >= 4 is 0 Å². The van der Waals surface area contributed by atoms with Crippen LogP contribution in [0, 0.1) is 31.4 Å². The highest BCUT2D eigenvalue weighted by Gasteiger charge is 2.17. The largest absolute Gasteiger partial charge is 0.432 e. The van der Waals surface area contributed by atoms with Crippen LogP contribution < -0.4 is 4.74 Å². The molecular formula is C11H10F3N3O. The van der Waals surface area contributed by atoms with E-state index in [4.69, 9.17) is 4.74 Å². The van der Waals surface area contributed by atoms with Crippen LogP contribution in [0.1, 0.15) is 11.4 Å². The number of pyridine rings is 1. The van der Waals surface area contributed by atoms with Crippen LogP contribution >= 0.6 is 0 Å². The molecular weight excluding hydrogens is 247 g/mol. The molecule has 0 amide bonds. The topological polar surface area (TPSA) is 39.9 Å². The van der Waals surface area contributed by atoms with Gasteiger partial charge < -0.3 is 4.74 Å². The van der Waals surface area contributed by atoms with Crippen molar-refractivity contribution in [1.82, 2.24) is 14.8 Å². The number of aryl methyl sites for hydroxylation is 2. The van der Waals surface area contributed by atoms with E-state index in [-0.39, 0.29) is 5.75 Å². The molecule has 2 aromatic heterocycles. The minimum atomic E-state index is -1.41. The molecule has 0 N–H and O–H groups in total. The highest BCUT2D eigenvalue weighted by molar-refractivity contribution is 5.35. The zero-order chi connectivity index (χ0) is 13.4. The highest BCUT2D eigenvalue weighted by Crippen LogP contribution is 2.28. The standard InChI is InChI=1S/C11H10F3N3O/c1-5-9(6(2)17(3)16-5)18-11-8(13)4-7(12)10(14)15-11/h4H,1-3H3. The van der Waals surface area contributed by atoms with Crippen LogP contribution in [-0.4, -0.2) is 14.8 Å². The second-order valence-electron chi connectivity index (χ2n) is 3.77. The van der Waals surface area contributed by atoms with Crippen LogP contribution in [0.3, 0.4) is 0 Å². The normalized spacial score (nSPS) is 10.8. The zero-order valence-electron chi connectivity index (χ0n) is 9.96. The Bertz CT molecular complexity index is 610. The predicted molar refractivity (Wildman–Crippen MR) is 56.9 cm³/mol. The van der Waals surface area contributed by atoms with Crippen molar-refractivity contribution in [2.45, 2.75) is 13.8 Å². The molecule has 0 atom stereocenters. The van der Waals surface area contributed by atoms with Gasteiger partial charge in [0.05, 0.1) is 5.69 Å². The maximum absolute atomic E-state index is 13.4. The SMILES string of the molecule is Cc1nn(C)c(C)c1Oc1nc(F)c(F)cc1F. The molecule has 0 spiro atoms. The Hall–Kier alpha value is -2.05. The van der Waals surface area contributed by atoms with E-state index in [1.54, 1.807) is 20.9 Å². The van der Waals surface area contributed by atoms with Crippen LogP contribution in [-0.2, 0) is 7.05 Å². The highest BCUT2D eigenvalue weighted by atomic mass is 19.2. The second-order valence-corrected chi connectivity index (χ2v) is 3.77. The van der Waals surface area contributed by atoms with Gasteiger partial charge in [0.25, 0.3) is 11.8 Å². The Kier molecular flexibility index (Phi) is 2.98. The molecule has 2 rings (SSSR count). The van der Waals surface area contributed by atoms with Crippen molar-refractivity contribution in [3.63, 3.8) is 0 Å². The van der Waals surface area contributed by atoms with Gasteiger partial charge in [-0.3, -0.25) is 4.68 Å². The smallest absolute Gasteiger partial charge is 0.258 e. The zero-order valence-corrected chi connectivity index (χ0v) is 9.96. The number of nitrogens with zero attached hydrogens (tertiary/aromatic N) is 3. The van der Waals surface area contributed by atoms with Gasteiger partial charge in [0.1, 0.15) is 5.69 Å². The first-order valence-electron chi connectivity index (χ1n) is 5.09. The summed E-state index contributed by atoms with van der Waals surface area (Å²) in [6, 6.07) is 0.388. The molecule has 0 fully saturated rings. The third-order valence-electron chi connectivity index (χ3n) is 2.50. The monoisotopic (exact) mass is 257 g/mol. The summed E-state index contributed by atoms with van der Waals surface area (Å²) in [5.41, 5.74) is 1.12. The lowest BCUT2D eigenvalue weighted by Crippen LogP contribution is -1.99. The van der Waals surface area contributed by atoms with Gasteiger partial charge in [0.15, 0.2) is 17.4 Å². The van der Waals surface area contributed by atoms with E-state index in [1.807, 2.05) is 0 Å². The molecule has 0 unspecified atom stereocenters.